The summed E-state index contributed by atoms with van der Waals surface area (Å²) in [5.74, 6) is 0.924. The van der Waals surface area contributed by atoms with Crippen LogP contribution in [0.25, 0.3) is 0 Å². The van der Waals surface area contributed by atoms with Crippen molar-refractivity contribution in [1.82, 2.24) is 4.90 Å². The predicted molar refractivity (Wildman–Crippen MR) is 87.5 cm³/mol. The number of nitrogens with zero attached hydrogens (tertiary/aromatic N) is 1. The molecule has 0 unspecified atom stereocenters. The molecule has 23 heavy (non-hydrogen) atoms. The Morgan fingerprint density at radius 3 is 2.35 bits per heavy atom. The molecule has 126 valence electrons. The Bertz CT molecular complexity index is 530. The molecule has 1 aromatic rings. The standard InChI is InChI=1S/C18H25NO4/c1-13(2)23-18(21)15-4-6-16(7-5-15)22-12-17(20)19-10-8-14(3)9-11-19/h4-7,13-14H,8-12H2,1-3H3. The SMILES string of the molecule is CC1CCN(C(=O)COc2ccc(C(=O)OC(C)C)cc2)CC1. The second kappa shape index (κ2) is 7.99. The highest BCUT2D eigenvalue weighted by Crippen LogP contribution is 2.17. The van der Waals surface area contributed by atoms with E-state index in [4.69, 9.17) is 9.47 Å². The van der Waals surface area contributed by atoms with E-state index in [2.05, 4.69) is 6.92 Å². The van der Waals surface area contributed by atoms with E-state index in [0.717, 1.165) is 25.9 Å². The number of likely N-dealkylation sites (tertiary alicyclic amines) is 1. The fourth-order valence-corrected chi connectivity index (χ4v) is 2.46. The van der Waals surface area contributed by atoms with E-state index in [-0.39, 0.29) is 24.6 Å². The first-order valence-corrected chi connectivity index (χ1v) is 8.17. The van der Waals surface area contributed by atoms with Gasteiger partial charge in [0.1, 0.15) is 5.75 Å². The highest BCUT2D eigenvalue weighted by molar-refractivity contribution is 5.89. The van der Waals surface area contributed by atoms with Gasteiger partial charge in [-0.2, -0.15) is 0 Å². The lowest BCUT2D eigenvalue weighted by molar-refractivity contribution is -0.134. The lowest BCUT2D eigenvalue weighted by atomic mass is 9.99. The van der Waals surface area contributed by atoms with Gasteiger partial charge in [0.25, 0.3) is 5.91 Å². The van der Waals surface area contributed by atoms with Crippen LogP contribution >= 0.6 is 0 Å². The number of esters is 1. The molecule has 2 rings (SSSR count). The number of amides is 1. The van der Waals surface area contributed by atoms with Crippen molar-refractivity contribution in [2.75, 3.05) is 19.7 Å². The fraction of sp³-hybridized carbons (Fsp3) is 0.556. The largest absolute Gasteiger partial charge is 0.484 e. The van der Waals surface area contributed by atoms with Crippen LogP contribution in [0.15, 0.2) is 24.3 Å². The van der Waals surface area contributed by atoms with Crippen molar-refractivity contribution >= 4 is 11.9 Å². The second-order valence-electron chi connectivity index (χ2n) is 6.33. The van der Waals surface area contributed by atoms with Crippen molar-refractivity contribution in [2.24, 2.45) is 5.92 Å². The van der Waals surface area contributed by atoms with Crippen LogP contribution < -0.4 is 4.74 Å². The van der Waals surface area contributed by atoms with Gasteiger partial charge in [0.15, 0.2) is 6.61 Å². The lowest BCUT2D eigenvalue weighted by Gasteiger charge is -2.30. The zero-order valence-corrected chi connectivity index (χ0v) is 14.1. The van der Waals surface area contributed by atoms with Crippen LogP contribution in [0.4, 0.5) is 0 Å². The van der Waals surface area contributed by atoms with Crippen LogP contribution in [-0.2, 0) is 9.53 Å². The van der Waals surface area contributed by atoms with Crippen molar-refractivity contribution in [2.45, 2.75) is 39.7 Å². The van der Waals surface area contributed by atoms with E-state index < -0.39 is 0 Å². The molecule has 5 nitrogen and oxygen atoms in total. The average Bonchev–Trinajstić information content (AvgIpc) is 2.53. The molecular formula is C18H25NO4. The summed E-state index contributed by atoms with van der Waals surface area (Å²) in [5, 5.41) is 0. The molecule has 1 amide bonds. The molecule has 1 heterocycles. The van der Waals surface area contributed by atoms with E-state index in [9.17, 15) is 9.59 Å². The second-order valence-corrected chi connectivity index (χ2v) is 6.33. The summed E-state index contributed by atoms with van der Waals surface area (Å²) in [5.41, 5.74) is 0.474. The summed E-state index contributed by atoms with van der Waals surface area (Å²) in [6, 6.07) is 6.66. The minimum absolute atomic E-state index is 0.0141. The third-order valence-corrected chi connectivity index (χ3v) is 3.93. The van der Waals surface area contributed by atoms with E-state index in [1.807, 2.05) is 18.7 Å². The molecule has 1 aromatic carbocycles. The minimum atomic E-state index is -0.356. The van der Waals surface area contributed by atoms with Gasteiger partial charge in [0.2, 0.25) is 0 Å². The van der Waals surface area contributed by atoms with Crippen LogP contribution in [-0.4, -0.2) is 42.6 Å². The van der Waals surface area contributed by atoms with Gasteiger partial charge in [0, 0.05) is 13.1 Å². The zero-order valence-electron chi connectivity index (χ0n) is 14.1. The molecule has 0 N–H and O–H groups in total. The summed E-state index contributed by atoms with van der Waals surface area (Å²) in [6.07, 6.45) is 1.96. The van der Waals surface area contributed by atoms with E-state index >= 15 is 0 Å². The van der Waals surface area contributed by atoms with Gasteiger partial charge in [-0.05, 0) is 56.9 Å². The number of ether oxygens (including phenoxy) is 2. The van der Waals surface area contributed by atoms with Crippen LogP contribution in [0, 0.1) is 5.92 Å². The Labute approximate surface area is 137 Å². The van der Waals surface area contributed by atoms with Crippen molar-refractivity contribution in [3.8, 4) is 5.75 Å². The molecule has 5 heteroatoms. The predicted octanol–water partition coefficient (Wildman–Crippen LogP) is 2.89. The monoisotopic (exact) mass is 319 g/mol. The molecule has 0 aromatic heterocycles. The molecule has 0 atom stereocenters. The number of carbonyl (C=O) groups excluding carboxylic acids is 2. The maximum atomic E-state index is 12.1. The number of rotatable bonds is 5. The Hall–Kier alpha value is -2.04. The van der Waals surface area contributed by atoms with Crippen LogP contribution in [0.5, 0.6) is 5.75 Å². The van der Waals surface area contributed by atoms with Gasteiger partial charge < -0.3 is 14.4 Å². The topological polar surface area (TPSA) is 55.8 Å². The molecule has 0 radical (unpaired) electrons. The Balaban J connectivity index is 1.82. The first-order chi connectivity index (χ1) is 11.0. The highest BCUT2D eigenvalue weighted by Gasteiger charge is 2.20. The molecule has 1 saturated heterocycles. The number of hydrogen-bond acceptors (Lipinski definition) is 4. The van der Waals surface area contributed by atoms with Crippen LogP contribution in [0.3, 0.4) is 0 Å². The molecule has 0 aliphatic carbocycles. The maximum absolute atomic E-state index is 12.1. The minimum Gasteiger partial charge on any atom is -0.484 e. The third-order valence-electron chi connectivity index (χ3n) is 3.93. The maximum Gasteiger partial charge on any atom is 0.338 e. The quantitative estimate of drug-likeness (QED) is 0.783. The fourth-order valence-electron chi connectivity index (χ4n) is 2.46. The molecule has 1 aliphatic rings. The molecule has 0 saturated carbocycles. The van der Waals surface area contributed by atoms with Gasteiger partial charge in [-0.1, -0.05) is 6.92 Å². The average molecular weight is 319 g/mol. The zero-order chi connectivity index (χ0) is 16.8. The molecule has 1 fully saturated rings. The van der Waals surface area contributed by atoms with E-state index in [0.29, 0.717) is 17.2 Å². The van der Waals surface area contributed by atoms with Gasteiger partial charge in [-0.25, -0.2) is 4.79 Å². The first kappa shape index (κ1) is 17.3. The van der Waals surface area contributed by atoms with Gasteiger partial charge >= 0.3 is 5.97 Å². The van der Waals surface area contributed by atoms with Crippen molar-refractivity contribution in [3.63, 3.8) is 0 Å². The number of carbonyl (C=O) groups is 2. The molecule has 0 spiro atoms. The number of piperidine rings is 1. The molecule has 0 bridgehead atoms. The molecule has 1 aliphatic heterocycles. The van der Waals surface area contributed by atoms with Crippen LogP contribution in [0.2, 0.25) is 0 Å². The summed E-state index contributed by atoms with van der Waals surface area (Å²) in [7, 11) is 0. The normalized spacial score (nSPS) is 15.6. The van der Waals surface area contributed by atoms with Crippen molar-refractivity contribution in [1.29, 1.82) is 0 Å². The van der Waals surface area contributed by atoms with Crippen molar-refractivity contribution in [3.05, 3.63) is 29.8 Å². The number of benzene rings is 1. The van der Waals surface area contributed by atoms with Crippen molar-refractivity contribution < 1.29 is 19.1 Å². The Kier molecular flexibility index (Phi) is 6.02. The molecular weight excluding hydrogens is 294 g/mol. The highest BCUT2D eigenvalue weighted by atomic mass is 16.5. The number of hydrogen-bond donors (Lipinski definition) is 0. The van der Waals surface area contributed by atoms with Gasteiger partial charge in [0.05, 0.1) is 11.7 Å². The van der Waals surface area contributed by atoms with E-state index in [1.54, 1.807) is 24.3 Å². The van der Waals surface area contributed by atoms with E-state index in [1.165, 1.54) is 0 Å². The summed E-state index contributed by atoms with van der Waals surface area (Å²) in [6.45, 7) is 7.48. The first-order valence-electron chi connectivity index (χ1n) is 8.17. The summed E-state index contributed by atoms with van der Waals surface area (Å²) < 4.78 is 10.6. The lowest BCUT2D eigenvalue weighted by Crippen LogP contribution is -2.40. The van der Waals surface area contributed by atoms with Crippen LogP contribution in [0.1, 0.15) is 44.0 Å². The summed E-state index contributed by atoms with van der Waals surface area (Å²) in [4.78, 5) is 25.7. The van der Waals surface area contributed by atoms with Gasteiger partial charge in [-0.3, -0.25) is 4.79 Å². The smallest absolute Gasteiger partial charge is 0.338 e. The Morgan fingerprint density at radius 2 is 1.78 bits per heavy atom. The third kappa shape index (κ3) is 5.27. The van der Waals surface area contributed by atoms with Gasteiger partial charge in [-0.15, -0.1) is 0 Å². The summed E-state index contributed by atoms with van der Waals surface area (Å²) >= 11 is 0. The Morgan fingerprint density at radius 1 is 1.17 bits per heavy atom.